The summed E-state index contributed by atoms with van der Waals surface area (Å²) in [5.74, 6) is 0.695. The van der Waals surface area contributed by atoms with E-state index in [-0.39, 0.29) is 12.1 Å². The van der Waals surface area contributed by atoms with Crippen LogP contribution in [-0.4, -0.2) is 51.5 Å². The number of hydrogen-bond donors (Lipinski definition) is 1. The van der Waals surface area contributed by atoms with E-state index in [1.165, 1.54) is 0 Å². The van der Waals surface area contributed by atoms with Crippen molar-refractivity contribution in [2.45, 2.75) is 19.5 Å². The number of amides is 2. The first-order chi connectivity index (χ1) is 10.8. The molecule has 2 aromatic rings. The maximum atomic E-state index is 12.3. The summed E-state index contributed by atoms with van der Waals surface area (Å²) in [5.41, 5.74) is 0.969. The Labute approximate surface area is 128 Å². The van der Waals surface area contributed by atoms with E-state index in [0.717, 1.165) is 5.69 Å². The van der Waals surface area contributed by atoms with Crippen LogP contribution in [0.1, 0.15) is 12.7 Å². The molecule has 7 nitrogen and oxygen atoms in total. The number of carbonyl (C=O) groups excluding carboxylic acids is 1. The van der Waals surface area contributed by atoms with Crippen LogP contribution in [0.5, 0.6) is 0 Å². The average molecular weight is 301 g/mol. The third kappa shape index (κ3) is 3.09. The Balaban J connectivity index is 1.65. The third-order valence-corrected chi connectivity index (χ3v) is 3.68. The molecule has 0 aliphatic carbocycles. The molecule has 1 N–H and O–H groups in total. The molecule has 1 atom stereocenters. The molecule has 1 aromatic carbocycles. The van der Waals surface area contributed by atoms with E-state index in [1.54, 1.807) is 11.2 Å². The highest BCUT2D eigenvalue weighted by molar-refractivity contribution is 5.74. The van der Waals surface area contributed by atoms with E-state index in [4.69, 9.17) is 4.74 Å². The number of carbonyl (C=O) groups is 1. The summed E-state index contributed by atoms with van der Waals surface area (Å²) in [6, 6.07) is 9.78. The summed E-state index contributed by atoms with van der Waals surface area (Å²) < 4.78 is 7.21. The Hall–Kier alpha value is -2.41. The normalized spacial score (nSPS) is 18.2. The molecule has 1 aromatic heterocycles. The number of nitrogens with one attached hydrogen (secondary N) is 1. The van der Waals surface area contributed by atoms with E-state index in [2.05, 4.69) is 15.5 Å². The second-order valence-electron chi connectivity index (χ2n) is 5.23. The first kappa shape index (κ1) is 14.5. The molecule has 22 heavy (non-hydrogen) atoms. The molecule has 2 amide bonds. The van der Waals surface area contributed by atoms with E-state index in [9.17, 15) is 4.79 Å². The molecular formula is C15H19N5O2. The van der Waals surface area contributed by atoms with Crippen molar-refractivity contribution in [3.8, 4) is 5.69 Å². The van der Waals surface area contributed by atoms with E-state index < -0.39 is 0 Å². The van der Waals surface area contributed by atoms with Crippen LogP contribution in [0.15, 0.2) is 36.7 Å². The summed E-state index contributed by atoms with van der Waals surface area (Å²) >= 11 is 0. The lowest BCUT2D eigenvalue weighted by Crippen LogP contribution is -2.51. The van der Waals surface area contributed by atoms with Gasteiger partial charge in [0.15, 0.2) is 5.82 Å². The molecular weight excluding hydrogens is 282 g/mol. The minimum Gasteiger partial charge on any atom is -0.377 e. The molecule has 3 rings (SSSR count). The first-order valence-corrected chi connectivity index (χ1v) is 7.32. The van der Waals surface area contributed by atoms with E-state index in [1.807, 2.05) is 41.8 Å². The molecule has 7 heteroatoms. The third-order valence-electron chi connectivity index (χ3n) is 3.68. The van der Waals surface area contributed by atoms with Gasteiger partial charge in [0.25, 0.3) is 0 Å². The van der Waals surface area contributed by atoms with Crippen LogP contribution in [0.3, 0.4) is 0 Å². The fourth-order valence-electron chi connectivity index (χ4n) is 2.47. The molecule has 1 fully saturated rings. The Morgan fingerprint density at radius 2 is 2.23 bits per heavy atom. The van der Waals surface area contributed by atoms with Gasteiger partial charge in [-0.3, -0.25) is 4.57 Å². The van der Waals surface area contributed by atoms with Gasteiger partial charge in [0, 0.05) is 12.2 Å². The van der Waals surface area contributed by atoms with Crippen molar-refractivity contribution in [1.29, 1.82) is 0 Å². The lowest BCUT2D eigenvalue weighted by atomic mass is 10.3. The van der Waals surface area contributed by atoms with Crippen LogP contribution >= 0.6 is 0 Å². The van der Waals surface area contributed by atoms with Crippen LogP contribution < -0.4 is 5.32 Å². The maximum Gasteiger partial charge on any atom is 0.318 e. The number of benzene rings is 1. The maximum absolute atomic E-state index is 12.3. The molecule has 116 valence electrons. The van der Waals surface area contributed by atoms with Crippen LogP contribution in [0, 0.1) is 0 Å². The van der Waals surface area contributed by atoms with Crippen molar-refractivity contribution in [2.24, 2.45) is 0 Å². The van der Waals surface area contributed by atoms with Gasteiger partial charge in [0.05, 0.1) is 25.8 Å². The van der Waals surface area contributed by atoms with Crippen molar-refractivity contribution < 1.29 is 9.53 Å². The van der Waals surface area contributed by atoms with Gasteiger partial charge in [-0.05, 0) is 19.1 Å². The quantitative estimate of drug-likeness (QED) is 0.924. The van der Waals surface area contributed by atoms with Gasteiger partial charge in [-0.25, -0.2) is 4.79 Å². The van der Waals surface area contributed by atoms with Gasteiger partial charge in [0.1, 0.15) is 6.33 Å². The smallest absolute Gasteiger partial charge is 0.318 e. The molecule has 0 bridgehead atoms. The van der Waals surface area contributed by atoms with Crippen molar-refractivity contribution in [3.63, 3.8) is 0 Å². The van der Waals surface area contributed by atoms with Gasteiger partial charge in [-0.1, -0.05) is 18.2 Å². The summed E-state index contributed by atoms with van der Waals surface area (Å²) in [4.78, 5) is 14.0. The zero-order valence-corrected chi connectivity index (χ0v) is 12.5. The van der Waals surface area contributed by atoms with Gasteiger partial charge in [-0.2, -0.15) is 0 Å². The van der Waals surface area contributed by atoms with Crippen LogP contribution in [0.4, 0.5) is 4.79 Å². The number of urea groups is 1. The SMILES string of the molecule is CC1COCCN1C(=O)NCc1nncn1-c1ccccc1. The Morgan fingerprint density at radius 1 is 1.41 bits per heavy atom. The number of rotatable bonds is 3. The lowest BCUT2D eigenvalue weighted by Gasteiger charge is -2.33. The van der Waals surface area contributed by atoms with Crippen molar-refractivity contribution in [3.05, 3.63) is 42.5 Å². The van der Waals surface area contributed by atoms with Gasteiger partial charge in [-0.15, -0.1) is 10.2 Å². The van der Waals surface area contributed by atoms with Crippen molar-refractivity contribution in [1.82, 2.24) is 25.0 Å². The van der Waals surface area contributed by atoms with Gasteiger partial charge < -0.3 is 15.0 Å². The number of morpholine rings is 1. The second-order valence-corrected chi connectivity index (χ2v) is 5.23. The minimum absolute atomic E-state index is 0.0840. The molecule has 0 radical (unpaired) electrons. The van der Waals surface area contributed by atoms with Gasteiger partial charge >= 0.3 is 6.03 Å². The first-order valence-electron chi connectivity index (χ1n) is 7.32. The highest BCUT2D eigenvalue weighted by Gasteiger charge is 2.23. The molecule has 1 saturated heterocycles. The van der Waals surface area contributed by atoms with E-state index in [0.29, 0.717) is 32.1 Å². The Bertz CT molecular complexity index is 628. The van der Waals surface area contributed by atoms with Crippen molar-refractivity contribution in [2.75, 3.05) is 19.8 Å². The number of ether oxygens (including phenoxy) is 1. The monoisotopic (exact) mass is 301 g/mol. The fourth-order valence-corrected chi connectivity index (χ4v) is 2.47. The van der Waals surface area contributed by atoms with Gasteiger partial charge in [0.2, 0.25) is 0 Å². The summed E-state index contributed by atoms with van der Waals surface area (Å²) in [6.45, 7) is 4.08. The van der Waals surface area contributed by atoms with E-state index >= 15 is 0 Å². The zero-order valence-electron chi connectivity index (χ0n) is 12.5. The molecule has 0 spiro atoms. The van der Waals surface area contributed by atoms with Crippen molar-refractivity contribution >= 4 is 6.03 Å². The fraction of sp³-hybridized carbons (Fsp3) is 0.400. The van der Waals surface area contributed by atoms with Crippen LogP contribution in [0.2, 0.25) is 0 Å². The average Bonchev–Trinajstić information content (AvgIpc) is 3.02. The molecule has 0 saturated carbocycles. The molecule has 1 unspecified atom stereocenters. The highest BCUT2D eigenvalue weighted by atomic mass is 16.5. The predicted molar refractivity (Wildman–Crippen MR) is 80.6 cm³/mol. The summed E-state index contributed by atoms with van der Waals surface area (Å²) in [6.07, 6.45) is 1.65. The number of aromatic nitrogens is 3. The van der Waals surface area contributed by atoms with Crippen LogP contribution in [0.25, 0.3) is 5.69 Å². The molecule has 1 aliphatic heterocycles. The number of nitrogens with zero attached hydrogens (tertiary/aromatic N) is 4. The largest absolute Gasteiger partial charge is 0.377 e. The Morgan fingerprint density at radius 3 is 3.00 bits per heavy atom. The number of para-hydroxylation sites is 1. The zero-order chi connectivity index (χ0) is 15.4. The summed E-state index contributed by atoms with van der Waals surface area (Å²) in [7, 11) is 0. The van der Waals surface area contributed by atoms with Crippen LogP contribution in [-0.2, 0) is 11.3 Å². The number of hydrogen-bond acceptors (Lipinski definition) is 4. The second kappa shape index (κ2) is 6.57. The molecule has 2 heterocycles. The predicted octanol–water partition coefficient (Wildman–Crippen LogP) is 1.20. The lowest BCUT2D eigenvalue weighted by molar-refractivity contribution is 0.0189. The highest BCUT2D eigenvalue weighted by Crippen LogP contribution is 2.10. The standard InChI is InChI=1S/C15H19N5O2/c1-12-10-22-8-7-19(12)15(21)16-9-14-18-17-11-20(14)13-5-3-2-4-6-13/h2-6,11-12H,7-10H2,1H3,(H,16,21). The Kier molecular flexibility index (Phi) is 4.34. The topological polar surface area (TPSA) is 72.3 Å². The summed E-state index contributed by atoms with van der Waals surface area (Å²) in [5, 5.41) is 10.9. The minimum atomic E-state index is -0.0987. The molecule has 1 aliphatic rings.